The molecule has 0 aliphatic heterocycles. The summed E-state index contributed by atoms with van der Waals surface area (Å²) >= 11 is 3.10. The first-order chi connectivity index (χ1) is 11.7. The van der Waals surface area contributed by atoms with E-state index in [0.717, 1.165) is 24.3 Å². The topological polar surface area (TPSA) is 159 Å². The summed E-state index contributed by atoms with van der Waals surface area (Å²) in [6, 6.07) is 6.08. The SMILES string of the molecule is O=C(Nc1cc([N+](=O)[O-])ccc1Br)c1cc([N+](=O)[O-])cc([N+](=O)[O-])c1. The van der Waals surface area contributed by atoms with Crippen LogP contribution in [0.2, 0.25) is 0 Å². The molecule has 12 heteroatoms. The molecule has 0 unspecified atom stereocenters. The minimum atomic E-state index is -0.895. The normalized spacial score (nSPS) is 10.1. The van der Waals surface area contributed by atoms with Gasteiger partial charge in [0.2, 0.25) is 0 Å². The Kier molecular flexibility index (Phi) is 5.02. The third-order valence-electron chi connectivity index (χ3n) is 3.00. The maximum absolute atomic E-state index is 12.3. The molecule has 0 spiro atoms. The van der Waals surface area contributed by atoms with Gasteiger partial charge in [-0.1, -0.05) is 0 Å². The number of amides is 1. The van der Waals surface area contributed by atoms with Crippen LogP contribution in [0.15, 0.2) is 40.9 Å². The molecule has 0 aromatic heterocycles. The van der Waals surface area contributed by atoms with Crippen molar-refractivity contribution in [2.45, 2.75) is 0 Å². The van der Waals surface area contributed by atoms with Gasteiger partial charge in [-0.15, -0.1) is 0 Å². The van der Waals surface area contributed by atoms with Gasteiger partial charge in [0.25, 0.3) is 23.0 Å². The summed E-state index contributed by atoms with van der Waals surface area (Å²) in [7, 11) is 0. The Hall–Kier alpha value is -3.41. The van der Waals surface area contributed by atoms with E-state index in [1.54, 1.807) is 0 Å². The van der Waals surface area contributed by atoms with Crippen LogP contribution in [0.1, 0.15) is 10.4 Å². The Labute approximate surface area is 146 Å². The maximum atomic E-state index is 12.3. The van der Waals surface area contributed by atoms with Crippen molar-refractivity contribution < 1.29 is 19.6 Å². The van der Waals surface area contributed by atoms with Gasteiger partial charge in [-0.3, -0.25) is 35.1 Å². The van der Waals surface area contributed by atoms with Gasteiger partial charge in [0.1, 0.15) is 0 Å². The van der Waals surface area contributed by atoms with Crippen LogP contribution in [0, 0.1) is 30.3 Å². The lowest BCUT2D eigenvalue weighted by atomic mass is 10.1. The van der Waals surface area contributed by atoms with Crippen LogP contribution in [0.25, 0.3) is 0 Å². The van der Waals surface area contributed by atoms with Crippen LogP contribution in [-0.4, -0.2) is 20.7 Å². The quantitative estimate of drug-likeness (QED) is 0.583. The number of nitro groups is 3. The number of nitro benzene ring substituents is 3. The van der Waals surface area contributed by atoms with E-state index in [4.69, 9.17) is 0 Å². The van der Waals surface area contributed by atoms with Gasteiger partial charge in [0.15, 0.2) is 0 Å². The summed E-state index contributed by atoms with van der Waals surface area (Å²) in [6.07, 6.45) is 0. The molecule has 2 aromatic rings. The number of anilines is 1. The number of nitrogens with zero attached hydrogens (tertiary/aromatic N) is 3. The van der Waals surface area contributed by atoms with Crippen molar-refractivity contribution >= 4 is 44.6 Å². The summed E-state index contributed by atoms with van der Waals surface area (Å²) in [5, 5.41) is 34.8. The Morgan fingerprint density at radius 3 is 1.84 bits per heavy atom. The predicted molar refractivity (Wildman–Crippen MR) is 88.5 cm³/mol. The first-order valence-electron chi connectivity index (χ1n) is 6.38. The molecule has 11 nitrogen and oxygen atoms in total. The second-order valence-corrected chi connectivity index (χ2v) is 5.48. The highest BCUT2D eigenvalue weighted by Crippen LogP contribution is 2.28. The third kappa shape index (κ3) is 4.11. The van der Waals surface area contributed by atoms with Gasteiger partial charge in [0, 0.05) is 28.7 Å². The minimum Gasteiger partial charge on any atom is -0.321 e. The zero-order chi connectivity index (χ0) is 18.7. The molecule has 0 radical (unpaired) electrons. The van der Waals surface area contributed by atoms with Crippen LogP contribution in [0.3, 0.4) is 0 Å². The number of carbonyl (C=O) groups excluding carboxylic acids is 1. The van der Waals surface area contributed by atoms with Crippen LogP contribution >= 0.6 is 15.9 Å². The van der Waals surface area contributed by atoms with Gasteiger partial charge in [-0.05, 0) is 22.0 Å². The van der Waals surface area contributed by atoms with E-state index in [2.05, 4.69) is 21.2 Å². The first-order valence-corrected chi connectivity index (χ1v) is 7.17. The fraction of sp³-hybridized carbons (Fsp3) is 0. The van der Waals surface area contributed by atoms with Gasteiger partial charge in [0.05, 0.1) is 32.1 Å². The van der Waals surface area contributed by atoms with Crippen molar-refractivity contribution in [3.05, 3.63) is 76.8 Å². The number of hydrogen-bond donors (Lipinski definition) is 1. The monoisotopic (exact) mass is 410 g/mol. The number of carbonyl (C=O) groups is 1. The predicted octanol–water partition coefficient (Wildman–Crippen LogP) is 3.43. The zero-order valence-electron chi connectivity index (χ0n) is 12.0. The van der Waals surface area contributed by atoms with Gasteiger partial charge in [-0.2, -0.15) is 0 Å². The summed E-state index contributed by atoms with van der Waals surface area (Å²) < 4.78 is 0.325. The zero-order valence-corrected chi connectivity index (χ0v) is 13.6. The van der Waals surface area contributed by atoms with E-state index in [-0.39, 0.29) is 16.9 Å². The molecular weight excluding hydrogens is 404 g/mol. The largest absolute Gasteiger partial charge is 0.321 e. The number of rotatable bonds is 5. The standard InChI is InChI=1S/C13H7BrN4O7/c14-11-2-1-8(16(20)21)6-12(11)15-13(19)7-3-9(17(22)23)5-10(4-7)18(24)25/h1-6H,(H,15,19). The number of benzene rings is 2. The molecule has 25 heavy (non-hydrogen) atoms. The van der Waals surface area contributed by atoms with Gasteiger partial charge < -0.3 is 5.32 Å². The summed E-state index contributed by atoms with van der Waals surface area (Å²) in [6.45, 7) is 0. The fourth-order valence-electron chi connectivity index (χ4n) is 1.85. The molecule has 128 valence electrons. The molecule has 1 amide bonds. The molecule has 0 saturated carbocycles. The number of nitrogens with one attached hydrogen (secondary N) is 1. The fourth-order valence-corrected chi connectivity index (χ4v) is 2.20. The summed E-state index contributed by atoms with van der Waals surface area (Å²) in [5.74, 6) is -0.895. The van der Waals surface area contributed by atoms with Crippen molar-refractivity contribution in [1.29, 1.82) is 0 Å². The summed E-state index contributed by atoms with van der Waals surface area (Å²) in [4.78, 5) is 42.3. The van der Waals surface area contributed by atoms with Gasteiger partial charge in [-0.25, -0.2) is 0 Å². The second-order valence-electron chi connectivity index (χ2n) is 4.63. The molecule has 0 heterocycles. The Morgan fingerprint density at radius 2 is 1.36 bits per heavy atom. The molecule has 0 bridgehead atoms. The van der Waals surface area contributed by atoms with E-state index in [1.807, 2.05) is 0 Å². The average molecular weight is 411 g/mol. The van der Waals surface area contributed by atoms with Crippen molar-refractivity contribution in [2.75, 3.05) is 5.32 Å². The molecule has 0 fully saturated rings. The first kappa shape index (κ1) is 17.9. The van der Waals surface area contributed by atoms with Gasteiger partial charge >= 0.3 is 0 Å². The highest BCUT2D eigenvalue weighted by molar-refractivity contribution is 9.10. The average Bonchev–Trinajstić information content (AvgIpc) is 2.55. The Balaban J connectivity index is 2.41. The summed E-state index contributed by atoms with van der Waals surface area (Å²) in [5.41, 5.74) is -1.84. The Morgan fingerprint density at radius 1 is 0.840 bits per heavy atom. The number of non-ortho nitro benzene ring substituents is 3. The number of halogens is 1. The van der Waals surface area contributed by atoms with Crippen molar-refractivity contribution in [2.24, 2.45) is 0 Å². The minimum absolute atomic E-state index is 0.0355. The van der Waals surface area contributed by atoms with E-state index in [0.29, 0.717) is 4.47 Å². The van der Waals surface area contributed by atoms with Crippen LogP contribution < -0.4 is 5.32 Å². The molecule has 0 atom stereocenters. The lowest BCUT2D eigenvalue weighted by molar-refractivity contribution is -0.394. The third-order valence-corrected chi connectivity index (χ3v) is 3.69. The van der Waals surface area contributed by atoms with Crippen molar-refractivity contribution in [1.82, 2.24) is 0 Å². The molecular formula is C13H7BrN4O7. The lowest BCUT2D eigenvalue weighted by Crippen LogP contribution is -2.13. The number of hydrogen-bond acceptors (Lipinski definition) is 7. The molecule has 0 aliphatic carbocycles. The van der Waals surface area contributed by atoms with Crippen LogP contribution in [-0.2, 0) is 0 Å². The molecule has 2 rings (SSSR count). The second kappa shape index (κ2) is 7.00. The van der Waals surface area contributed by atoms with Crippen LogP contribution in [0.5, 0.6) is 0 Å². The lowest BCUT2D eigenvalue weighted by Gasteiger charge is -2.07. The van der Waals surface area contributed by atoms with E-state index in [9.17, 15) is 35.1 Å². The highest BCUT2D eigenvalue weighted by Gasteiger charge is 2.21. The maximum Gasteiger partial charge on any atom is 0.277 e. The van der Waals surface area contributed by atoms with E-state index < -0.39 is 32.1 Å². The van der Waals surface area contributed by atoms with E-state index >= 15 is 0 Å². The van der Waals surface area contributed by atoms with Crippen molar-refractivity contribution in [3.63, 3.8) is 0 Å². The van der Waals surface area contributed by atoms with E-state index in [1.165, 1.54) is 12.1 Å². The molecule has 2 aromatic carbocycles. The highest BCUT2D eigenvalue weighted by atomic mass is 79.9. The van der Waals surface area contributed by atoms with Crippen molar-refractivity contribution in [3.8, 4) is 0 Å². The van der Waals surface area contributed by atoms with Crippen LogP contribution in [0.4, 0.5) is 22.7 Å². The smallest absolute Gasteiger partial charge is 0.277 e. The molecule has 1 N–H and O–H groups in total. The molecule has 0 saturated heterocycles. The molecule has 0 aliphatic rings. The Bertz CT molecular complexity index is 883.